The summed E-state index contributed by atoms with van der Waals surface area (Å²) in [4.78, 5) is 12.2. The zero-order valence-corrected chi connectivity index (χ0v) is 14.0. The van der Waals surface area contributed by atoms with Gasteiger partial charge in [-0.1, -0.05) is 18.1 Å². The van der Waals surface area contributed by atoms with Crippen LogP contribution in [0.1, 0.15) is 15.9 Å². The summed E-state index contributed by atoms with van der Waals surface area (Å²) >= 11 is 0. The second kappa shape index (κ2) is 8.99. The van der Waals surface area contributed by atoms with Crippen molar-refractivity contribution in [3.63, 3.8) is 0 Å². The lowest BCUT2D eigenvalue weighted by molar-refractivity contribution is 0.0952. The highest BCUT2D eigenvalue weighted by Crippen LogP contribution is 2.24. The van der Waals surface area contributed by atoms with Crippen LogP contribution in [0.25, 0.3) is 0 Å². The molecule has 0 bridgehead atoms. The molecule has 1 N–H and O–H groups in total. The number of terminal acetylenes is 1. The summed E-state index contributed by atoms with van der Waals surface area (Å²) in [5, 5.41) is 3.95. The standard InChI is InChI=1S/C19H18N2O4/c1-4-10-25-16-7-5-6-14(11-16)13-20-21-19(22)17-9-8-15(23-2)12-18(17)24-3/h1,5-9,11-13H,10H2,2-3H3,(H,21,22). The Morgan fingerprint density at radius 2 is 2.04 bits per heavy atom. The predicted molar refractivity (Wildman–Crippen MR) is 95.4 cm³/mol. The van der Waals surface area contributed by atoms with E-state index < -0.39 is 5.91 Å². The first-order valence-corrected chi connectivity index (χ1v) is 7.39. The molecule has 0 saturated heterocycles. The van der Waals surface area contributed by atoms with Gasteiger partial charge < -0.3 is 14.2 Å². The fraction of sp³-hybridized carbons (Fsp3) is 0.158. The number of rotatable bonds is 7. The van der Waals surface area contributed by atoms with E-state index in [1.807, 2.05) is 12.1 Å². The molecule has 0 radical (unpaired) electrons. The summed E-state index contributed by atoms with van der Waals surface area (Å²) in [6.45, 7) is 0.189. The Morgan fingerprint density at radius 3 is 2.76 bits per heavy atom. The number of amides is 1. The number of carbonyl (C=O) groups excluding carboxylic acids is 1. The molecule has 2 rings (SSSR count). The van der Waals surface area contributed by atoms with Gasteiger partial charge in [0.05, 0.1) is 26.0 Å². The lowest BCUT2D eigenvalue weighted by Gasteiger charge is -2.08. The van der Waals surface area contributed by atoms with Crippen molar-refractivity contribution in [2.45, 2.75) is 0 Å². The fourth-order valence-corrected chi connectivity index (χ4v) is 2.02. The molecule has 6 heteroatoms. The van der Waals surface area contributed by atoms with Crippen LogP contribution in [0.5, 0.6) is 17.2 Å². The second-order valence-electron chi connectivity index (χ2n) is 4.83. The van der Waals surface area contributed by atoms with Gasteiger partial charge in [-0.05, 0) is 29.8 Å². The average molecular weight is 338 g/mol. The molecule has 0 atom stereocenters. The molecule has 2 aromatic carbocycles. The van der Waals surface area contributed by atoms with Gasteiger partial charge in [-0.2, -0.15) is 5.10 Å². The third-order valence-electron chi connectivity index (χ3n) is 3.21. The summed E-state index contributed by atoms with van der Waals surface area (Å²) in [7, 11) is 3.02. The van der Waals surface area contributed by atoms with Crippen LogP contribution in [0.2, 0.25) is 0 Å². The normalized spacial score (nSPS) is 10.1. The van der Waals surface area contributed by atoms with E-state index in [2.05, 4.69) is 16.4 Å². The molecule has 6 nitrogen and oxygen atoms in total. The van der Waals surface area contributed by atoms with E-state index in [0.29, 0.717) is 22.8 Å². The minimum absolute atomic E-state index is 0.189. The molecule has 128 valence electrons. The number of nitrogens with zero attached hydrogens (tertiary/aromatic N) is 1. The van der Waals surface area contributed by atoms with Crippen molar-refractivity contribution in [1.82, 2.24) is 5.43 Å². The molecule has 0 spiro atoms. The van der Waals surface area contributed by atoms with Gasteiger partial charge in [-0.25, -0.2) is 5.43 Å². The van der Waals surface area contributed by atoms with E-state index in [0.717, 1.165) is 5.56 Å². The van der Waals surface area contributed by atoms with Crippen LogP contribution in [0, 0.1) is 12.3 Å². The molecule has 1 amide bonds. The molecule has 2 aromatic rings. The van der Waals surface area contributed by atoms with E-state index in [1.54, 1.807) is 37.4 Å². The smallest absolute Gasteiger partial charge is 0.275 e. The molecule has 25 heavy (non-hydrogen) atoms. The summed E-state index contributed by atoms with van der Waals surface area (Å²) in [5.41, 5.74) is 3.57. The van der Waals surface area contributed by atoms with E-state index in [9.17, 15) is 4.79 Å². The largest absolute Gasteiger partial charge is 0.497 e. The average Bonchev–Trinajstić information content (AvgIpc) is 2.66. The van der Waals surface area contributed by atoms with Crippen molar-refractivity contribution in [3.8, 4) is 29.6 Å². The van der Waals surface area contributed by atoms with Gasteiger partial charge in [0.25, 0.3) is 5.91 Å². The van der Waals surface area contributed by atoms with Gasteiger partial charge in [-0.15, -0.1) is 6.42 Å². The van der Waals surface area contributed by atoms with Crippen LogP contribution < -0.4 is 19.6 Å². The highest BCUT2D eigenvalue weighted by molar-refractivity contribution is 5.97. The summed E-state index contributed by atoms with van der Waals surface area (Å²) < 4.78 is 15.6. The first-order chi connectivity index (χ1) is 12.2. The minimum atomic E-state index is -0.393. The molecule has 0 heterocycles. The Hall–Kier alpha value is -3.46. The van der Waals surface area contributed by atoms with Crippen LogP contribution >= 0.6 is 0 Å². The predicted octanol–water partition coefficient (Wildman–Crippen LogP) is 2.48. The molecule has 0 aliphatic heterocycles. The molecule has 0 aromatic heterocycles. The first-order valence-electron chi connectivity index (χ1n) is 7.39. The third-order valence-corrected chi connectivity index (χ3v) is 3.21. The van der Waals surface area contributed by atoms with E-state index in [-0.39, 0.29) is 6.61 Å². The fourth-order valence-electron chi connectivity index (χ4n) is 2.02. The zero-order valence-electron chi connectivity index (χ0n) is 14.0. The maximum absolute atomic E-state index is 12.2. The SMILES string of the molecule is C#CCOc1cccc(C=NNC(=O)c2ccc(OC)cc2OC)c1. The molecule has 0 fully saturated rings. The van der Waals surface area contributed by atoms with Gasteiger partial charge in [0.2, 0.25) is 0 Å². The highest BCUT2D eigenvalue weighted by atomic mass is 16.5. The number of nitrogens with one attached hydrogen (secondary N) is 1. The maximum atomic E-state index is 12.2. The van der Waals surface area contributed by atoms with E-state index in [4.69, 9.17) is 20.6 Å². The van der Waals surface area contributed by atoms with Gasteiger partial charge in [-0.3, -0.25) is 4.79 Å². The number of methoxy groups -OCH3 is 2. The number of carbonyl (C=O) groups is 1. The van der Waals surface area contributed by atoms with Gasteiger partial charge in [0, 0.05) is 6.07 Å². The van der Waals surface area contributed by atoms with Crippen LogP contribution in [0.4, 0.5) is 0 Å². The van der Waals surface area contributed by atoms with Gasteiger partial charge >= 0.3 is 0 Å². The lowest BCUT2D eigenvalue weighted by atomic mass is 10.2. The number of hydrogen-bond acceptors (Lipinski definition) is 5. The minimum Gasteiger partial charge on any atom is -0.497 e. The van der Waals surface area contributed by atoms with Crippen molar-refractivity contribution < 1.29 is 19.0 Å². The Balaban J connectivity index is 2.05. The number of ether oxygens (including phenoxy) is 3. The zero-order chi connectivity index (χ0) is 18.1. The molecule has 0 aliphatic rings. The Kier molecular flexibility index (Phi) is 6.43. The van der Waals surface area contributed by atoms with Gasteiger partial charge in [0.15, 0.2) is 0 Å². The Morgan fingerprint density at radius 1 is 1.20 bits per heavy atom. The number of benzene rings is 2. The van der Waals surface area contributed by atoms with E-state index in [1.165, 1.54) is 13.3 Å². The lowest BCUT2D eigenvalue weighted by Crippen LogP contribution is -2.18. The van der Waals surface area contributed by atoms with Crippen LogP contribution in [0.15, 0.2) is 47.6 Å². The van der Waals surface area contributed by atoms with E-state index >= 15 is 0 Å². The second-order valence-corrected chi connectivity index (χ2v) is 4.83. The van der Waals surface area contributed by atoms with Crippen molar-refractivity contribution >= 4 is 12.1 Å². The summed E-state index contributed by atoms with van der Waals surface area (Å²) in [6, 6.07) is 12.1. The highest BCUT2D eigenvalue weighted by Gasteiger charge is 2.12. The van der Waals surface area contributed by atoms with Crippen molar-refractivity contribution in [2.24, 2.45) is 5.10 Å². The molecular formula is C19H18N2O4. The number of hydrazone groups is 1. The Labute approximate surface area is 146 Å². The van der Waals surface area contributed by atoms with Crippen LogP contribution in [-0.4, -0.2) is 32.9 Å². The Bertz CT molecular complexity index is 809. The van der Waals surface area contributed by atoms with Crippen molar-refractivity contribution in [1.29, 1.82) is 0 Å². The first kappa shape index (κ1) is 17.9. The molecular weight excluding hydrogens is 320 g/mol. The van der Waals surface area contributed by atoms with Crippen LogP contribution in [-0.2, 0) is 0 Å². The van der Waals surface area contributed by atoms with Gasteiger partial charge in [0.1, 0.15) is 23.9 Å². The van der Waals surface area contributed by atoms with Crippen molar-refractivity contribution in [3.05, 3.63) is 53.6 Å². The molecule has 0 aliphatic carbocycles. The monoisotopic (exact) mass is 338 g/mol. The third kappa shape index (κ3) is 5.01. The number of hydrogen-bond donors (Lipinski definition) is 1. The quantitative estimate of drug-likeness (QED) is 0.478. The summed E-state index contributed by atoms with van der Waals surface area (Å²) in [5.74, 6) is 3.63. The molecule has 0 saturated carbocycles. The molecule has 0 unspecified atom stereocenters. The maximum Gasteiger partial charge on any atom is 0.275 e. The van der Waals surface area contributed by atoms with Crippen molar-refractivity contribution in [2.75, 3.05) is 20.8 Å². The van der Waals surface area contributed by atoms with Crippen LogP contribution in [0.3, 0.4) is 0 Å². The topological polar surface area (TPSA) is 69.2 Å². The summed E-state index contributed by atoms with van der Waals surface area (Å²) in [6.07, 6.45) is 6.67.